The number of hydrogen-bond acceptors (Lipinski definition) is 6. The molecule has 0 radical (unpaired) electrons. The highest BCUT2D eigenvalue weighted by molar-refractivity contribution is 6.35. The molecule has 1 atom stereocenters. The summed E-state index contributed by atoms with van der Waals surface area (Å²) in [6, 6.07) is 17.5. The number of rotatable bonds is 6. The Bertz CT molecular complexity index is 1280. The van der Waals surface area contributed by atoms with Gasteiger partial charge in [0.05, 0.1) is 12.5 Å². The zero-order valence-electron chi connectivity index (χ0n) is 17.6. The molecule has 3 aromatic rings. The van der Waals surface area contributed by atoms with Crippen molar-refractivity contribution in [1.82, 2.24) is 0 Å². The van der Waals surface area contributed by atoms with E-state index in [2.05, 4.69) is 6.07 Å². The van der Waals surface area contributed by atoms with E-state index >= 15 is 0 Å². The van der Waals surface area contributed by atoms with Crippen LogP contribution in [0.2, 0.25) is 10.0 Å². The van der Waals surface area contributed by atoms with Gasteiger partial charge in [0.25, 0.3) is 0 Å². The number of ether oxygens (including phenoxy) is 3. The average Bonchev–Trinajstić information content (AvgIpc) is 2.78. The zero-order valence-corrected chi connectivity index (χ0v) is 19.2. The van der Waals surface area contributed by atoms with Gasteiger partial charge in [-0.25, -0.2) is 0 Å². The van der Waals surface area contributed by atoms with E-state index in [0.717, 1.165) is 11.1 Å². The van der Waals surface area contributed by atoms with Crippen LogP contribution >= 0.6 is 23.2 Å². The van der Waals surface area contributed by atoms with Crippen LogP contribution in [0.15, 0.2) is 66.1 Å². The lowest BCUT2D eigenvalue weighted by Gasteiger charge is -2.27. The minimum Gasteiger partial charge on any atom is -0.508 e. The quantitative estimate of drug-likeness (QED) is 0.454. The first-order chi connectivity index (χ1) is 15.9. The third-order valence-electron chi connectivity index (χ3n) is 5.20. The van der Waals surface area contributed by atoms with Crippen LogP contribution in [0.5, 0.6) is 23.0 Å². The van der Waals surface area contributed by atoms with E-state index in [-0.39, 0.29) is 23.8 Å². The van der Waals surface area contributed by atoms with Gasteiger partial charge in [-0.2, -0.15) is 5.26 Å². The van der Waals surface area contributed by atoms with E-state index < -0.39 is 5.92 Å². The summed E-state index contributed by atoms with van der Waals surface area (Å²) < 4.78 is 17.4. The molecule has 0 aromatic heterocycles. The Morgan fingerprint density at radius 1 is 1.06 bits per heavy atom. The zero-order chi connectivity index (χ0) is 23.5. The normalized spacial score (nSPS) is 14.8. The molecule has 33 heavy (non-hydrogen) atoms. The molecule has 8 heteroatoms. The summed E-state index contributed by atoms with van der Waals surface area (Å²) in [4.78, 5) is 0. The molecular formula is C25H20Cl2N2O4. The molecule has 1 aliphatic heterocycles. The predicted octanol–water partition coefficient (Wildman–Crippen LogP) is 5.89. The topological polar surface area (TPSA) is 97.7 Å². The summed E-state index contributed by atoms with van der Waals surface area (Å²) >= 11 is 12.2. The molecule has 0 bridgehead atoms. The van der Waals surface area contributed by atoms with Crippen LogP contribution < -0.4 is 19.9 Å². The maximum absolute atomic E-state index is 9.84. The van der Waals surface area contributed by atoms with Crippen LogP contribution in [-0.4, -0.2) is 11.7 Å². The van der Waals surface area contributed by atoms with Crippen molar-refractivity contribution in [2.24, 2.45) is 5.73 Å². The largest absolute Gasteiger partial charge is 0.508 e. The molecule has 0 amide bonds. The first-order valence-corrected chi connectivity index (χ1v) is 10.9. The number of phenolic OH excluding ortho intramolecular Hbond substituents is 1. The molecule has 1 aliphatic rings. The average molecular weight is 483 g/mol. The van der Waals surface area contributed by atoms with Gasteiger partial charge in [0.15, 0.2) is 11.5 Å². The van der Waals surface area contributed by atoms with Crippen LogP contribution in [0.3, 0.4) is 0 Å². The number of nitrogens with zero attached hydrogens (tertiary/aromatic N) is 1. The lowest BCUT2D eigenvalue weighted by atomic mass is 9.83. The Morgan fingerprint density at radius 2 is 1.88 bits per heavy atom. The Morgan fingerprint density at radius 3 is 2.61 bits per heavy atom. The number of phenols is 1. The molecule has 3 N–H and O–H groups in total. The monoisotopic (exact) mass is 482 g/mol. The minimum atomic E-state index is -0.488. The molecule has 168 valence electrons. The van der Waals surface area contributed by atoms with E-state index in [0.29, 0.717) is 39.5 Å². The Labute approximate surface area is 201 Å². The van der Waals surface area contributed by atoms with Crippen LogP contribution in [0.4, 0.5) is 0 Å². The molecule has 4 rings (SSSR count). The maximum Gasteiger partial charge on any atom is 0.205 e. The summed E-state index contributed by atoms with van der Waals surface area (Å²) in [6.07, 6.45) is 0. The van der Waals surface area contributed by atoms with Crippen LogP contribution in [0.25, 0.3) is 0 Å². The molecule has 0 saturated heterocycles. The molecule has 0 spiro atoms. The number of fused-ring (bicyclic) bond motifs is 1. The highest BCUT2D eigenvalue weighted by Crippen LogP contribution is 2.45. The second-order valence-corrected chi connectivity index (χ2v) is 8.15. The Balaban J connectivity index is 1.70. The van der Waals surface area contributed by atoms with Gasteiger partial charge in [-0.15, -0.1) is 0 Å². The van der Waals surface area contributed by atoms with Crippen molar-refractivity contribution < 1.29 is 19.3 Å². The van der Waals surface area contributed by atoms with Gasteiger partial charge in [0.1, 0.15) is 29.7 Å². The van der Waals surface area contributed by atoms with Gasteiger partial charge in [-0.3, -0.25) is 0 Å². The summed E-state index contributed by atoms with van der Waals surface area (Å²) in [5.41, 5.74) is 8.56. The second-order valence-electron chi connectivity index (χ2n) is 7.31. The lowest BCUT2D eigenvalue weighted by molar-refractivity contribution is 0.269. The summed E-state index contributed by atoms with van der Waals surface area (Å²) in [5.74, 6) is 0.991. The number of allylic oxidation sites excluding steroid dienone is 1. The highest BCUT2D eigenvalue weighted by atomic mass is 35.5. The number of hydrogen-bond donors (Lipinski definition) is 2. The standard InChI is InChI=1S/C25H20Cl2N2O4/c1-2-31-23-9-14(4-8-21(23)32-13-15-3-5-16(26)10-20(15)27)24-18-7-6-17(30)11-22(18)33-25(29)19(24)12-28/h3-11,24,30H,2,13,29H2,1H3/t24-/m1/s1. The molecule has 0 unspecified atom stereocenters. The van der Waals surface area contributed by atoms with Crippen molar-refractivity contribution in [3.8, 4) is 29.1 Å². The van der Waals surface area contributed by atoms with Gasteiger partial charge in [-0.05, 0) is 42.8 Å². The fourth-order valence-corrected chi connectivity index (χ4v) is 4.14. The smallest absolute Gasteiger partial charge is 0.205 e. The van der Waals surface area contributed by atoms with Gasteiger partial charge in [0, 0.05) is 27.2 Å². The summed E-state index contributed by atoms with van der Waals surface area (Å²) in [5, 5.41) is 20.7. The molecule has 0 aliphatic carbocycles. The van der Waals surface area contributed by atoms with E-state index in [9.17, 15) is 10.4 Å². The third kappa shape index (κ3) is 4.65. The lowest BCUT2D eigenvalue weighted by Crippen LogP contribution is -2.21. The molecule has 6 nitrogen and oxygen atoms in total. The van der Waals surface area contributed by atoms with Crippen molar-refractivity contribution in [3.05, 3.63) is 92.8 Å². The van der Waals surface area contributed by atoms with Gasteiger partial charge >= 0.3 is 0 Å². The third-order valence-corrected chi connectivity index (χ3v) is 5.79. The molecule has 0 fully saturated rings. The van der Waals surface area contributed by atoms with Crippen molar-refractivity contribution in [2.75, 3.05) is 6.61 Å². The maximum atomic E-state index is 9.84. The van der Waals surface area contributed by atoms with Crippen molar-refractivity contribution >= 4 is 23.2 Å². The number of nitriles is 1. The second kappa shape index (κ2) is 9.53. The molecular weight excluding hydrogens is 463 g/mol. The fourth-order valence-electron chi connectivity index (χ4n) is 3.67. The predicted molar refractivity (Wildman–Crippen MR) is 126 cm³/mol. The van der Waals surface area contributed by atoms with Crippen LogP contribution in [-0.2, 0) is 6.61 Å². The van der Waals surface area contributed by atoms with Crippen molar-refractivity contribution in [3.63, 3.8) is 0 Å². The Kier molecular flexibility index (Phi) is 6.55. The van der Waals surface area contributed by atoms with E-state index in [1.54, 1.807) is 36.4 Å². The van der Waals surface area contributed by atoms with Gasteiger partial charge in [0.2, 0.25) is 5.88 Å². The minimum absolute atomic E-state index is 0.00346. The van der Waals surface area contributed by atoms with E-state index in [1.807, 2.05) is 19.1 Å². The molecule has 0 saturated carbocycles. The van der Waals surface area contributed by atoms with E-state index in [1.165, 1.54) is 6.07 Å². The number of aromatic hydroxyl groups is 1. The summed E-state index contributed by atoms with van der Waals surface area (Å²) in [6.45, 7) is 2.52. The molecule has 3 aromatic carbocycles. The SMILES string of the molecule is CCOc1cc([C@H]2C(C#N)=C(N)Oc3cc(O)ccc32)ccc1OCc1ccc(Cl)cc1Cl. The van der Waals surface area contributed by atoms with Crippen molar-refractivity contribution in [2.45, 2.75) is 19.4 Å². The summed E-state index contributed by atoms with van der Waals surface area (Å²) in [7, 11) is 0. The van der Waals surface area contributed by atoms with Gasteiger partial charge < -0.3 is 25.1 Å². The molecule has 1 heterocycles. The number of benzene rings is 3. The van der Waals surface area contributed by atoms with Crippen LogP contribution in [0.1, 0.15) is 29.5 Å². The first kappa shape index (κ1) is 22.7. The first-order valence-electron chi connectivity index (χ1n) is 10.1. The van der Waals surface area contributed by atoms with Crippen molar-refractivity contribution in [1.29, 1.82) is 5.26 Å². The van der Waals surface area contributed by atoms with Gasteiger partial charge in [-0.1, -0.05) is 41.4 Å². The van der Waals surface area contributed by atoms with E-state index in [4.69, 9.17) is 43.1 Å². The highest BCUT2D eigenvalue weighted by Gasteiger charge is 2.31. The number of halogens is 2. The Hall–Kier alpha value is -3.53. The fraction of sp³-hybridized carbons (Fsp3) is 0.160. The number of nitrogens with two attached hydrogens (primary N) is 1. The van der Waals surface area contributed by atoms with Crippen LogP contribution in [0, 0.1) is 11.3 Å².